The summed E-state index contributed by atoms with van der Waals surface area (Å²) in [6, 6.07) is 11.6. The number of halogens is 1. The van der Waals surface area contributed by atoms with E-state index in [0.29, 0.717) is 35.5 Å². The first-order valence-electron chi connectivity index (χ1n) is 9.32. The summed E-state index contributed by atoms with van der Waals surface area (Å²) in [6.07, 6.45) is 2.25. The predicted octanol–water partition coefficient (Wildman–Crippen LogP) is 5.09. The highest BCUT2D eigenvalue weighted by molar-refractivity contribution is 6.30. The molecular formula is C22H27ClN2O3. The lowest BCUT2D eigenvalue weighted by Gasteiger charge is -2.15. The molecular weight excluding hydrogens is 376 g/mol. The lowest BCUT2D eigenvalue weighted by atomic mass is 10.0. The van der Waals surface area contributed by atoms with Crippen LogP contribution in [0.4, 0.5) is 0 Å². The molecule has 150 valence electrons. The Kier molecular flexibility index (Phi) is 8.33. The second kappa shape index (κ2) is 10.7. The molecule has 0 fully saturated rings. The van der Waals surface area contributed by atoms with Gasteiger partial charge in [0.15, 0.2) is 0 Å². The molecule has 2 rings (SSSR count). The summed E-state index contributed by atoms with van der Waals surface area (Å²) in [4.78, 5) is 10.9. The van der Waals surface area contributed by atoms with E-state index >= 15 is 0 Å². The summed E-state index contributed by atoms with van der Waals surface area (Å²) >= 11 is 6.04. The zero-order valence-electron chi connectivity index (χ0n) is 16.8. The van der Waals surface area contributed by atoms with Crippen molar-refractivity contribution in [3.63, 3.8) is 0 Å². The lowest BCUT2D eigenvalue weighted by Crippen LogP contribution is -2.12. The van der Waals surface area contributed by atoms with Gasteiger partial charge in [0.2, 0.25) is 5.91 Å². The van der Waals surface area contributed by atoms with Crippen LogP contribution in [-0.2, 0) is 4.79 Å². The molecule has 0 aliphatic rings. The van der Waals surface area contributed by atoms with Crippen molar-refractivity contribution in [2.45, 2.75) is 40.0 Å². The Bertz CT molecular complexity index is 835. The van der Waals surface area contributed by atoms with Gasteiger partial charge in [-0.1, -0.05) is 37.6 Å². The van der Waals surface area contributed by atoms with Gasteiger partial charge in [-0.05, 0) is 48.2 Å². The molecule has 2 aromatic carbocycles. The van der Waals surface area contributed by atoms with Crippen molar-refractivity contribution in [3.05, 3.63) is 58.1 Å². The first-order valence-corrected chi connectivity index (χ1v) is 9.70. The largest absolute Gasteiger partial charge is 0.493 e. The number of hydrazone groups is 1. The molecule has 0 heterocycles. The predicted molar refractivity (Wildman–Crippen MR) is 114 cm³/mol. The van der Waals surface area contributed by atoms with Gasteiger partial charge in [0, 0.05) is 23.9 Å². The van der Waals surface area contributed by atoms with Crippen molar-refractivity contribution in [1.82, 2.24) is 5.43 Å². The molecule has 1 N–H and O–H groups in total. The van der Waals surface area contributed by atoms with E-state index < -0.39 is 0 Å². The Morgan fingerprint density at radius 1 is 1.14 bits per heavy atom. The smallest absolute Gasteiger partial charge is 0.236 e. The number of aryl methyl sites for hydroxylation is 1. The number of nitrogens with zero attached hydrogens (tertiary/aromatic N) is 1. The molecule has 1 amide bonds. The number of amides is 1. The van der Waals surface area contributed by atoms with Crippen molar-refractivity contribution < 1.29 is 14.3 Å². The molecule has 0 unspecified atom stereocenters. The zero-order valence-corrected chi connectivity index (χ0v) is 17.5. The Morgan fingerprint density at radius 2 is 1.86 bits per heavy atom. The minimum atomic E-state index is -0.241. The Hall–Kier alpha value is -2.53. The van der Waals surface area contributed by atoms with Crippen LogP contribution >= 0.6 is 11.6 Å². The fourth-order valence-electron chi connectivity index (χ4n) is 2.61. The molecule has 0 aromatic heterocycles. The minimum Gasteiger partial charge on any atom is -0.493 e. The summed E-state index contributed by atoms with van der Waals surface area (Å²) in [7, 11) is 0. The van der Waals surface area contributed by atoms with Crippen LogP contribution < -0.4 is 14.9 Å². The van der Waals surface area contributed by atoms with Gasteiger partial charge in [0.25, 0.3) is 0 Å². The van der Waals surface area contributed by atoms with E-state index in [9.17, 15) is 4.79 Å². The number of carbonyl (C=O) groups is 1. The van der Waals surface area contributed by atoms with Crippen molar-refractivity contribution in [3.8, 4) is 11.5 Å². The van der Waals surface area contributed by atoms with Gasteiger partial charge in [0.05, 0.1) is 19.4 Å². The summed E-state index contributed by atoms with van der Waals surface area (Å²) in [5.74, 6) is 1.75. The molecule has 0 aliphatic heterocycles. The number of hydrogen-bond acceptors (Lipinski definition) is 4. The van der Waals surface area contributed by atoms with Crippen LogP contribution in [0.1, 0.15) is 49.8 Å². The van der Waals surface area contributed by atoms with E-state index in [-0.39, 0.29) is 5.91 Å². The number of carbonyl (C=O) groups excluding carboxylic acids is 1. The third kappa shape index (κ3) is 6.89. The number of benzene rings is 2. The van der Waals surface area contributed by atoms with Gasteiger partial charge in [-0.2, -0.15) is 5.10 Å². The second-order valence-electron chi connectivity index (χ2n) is 6.85. The third-order valence-corrected chi connectivity index (χ3v) is 4.23. The molecule has 0 atom stereocenters. The molecule has 0 aliphatic carbocycles. The Balaban J connectivity index is 1.90. The Labute approximate surface area is 171 Å². The second-order valence-corrected chi connectivity index (χ2v) is 7.29. The number of ether oxygens (including phenoxy) is 2. The summed E-state index contributed by atoms with van der Waals surface area (Å²) in [5, 5.41) is 4.44. The standard InChI is InChI=1S/C22H27ClN2O3/c1-15(2)20-8-6-16(3)12-22(20)28-11-5-10-27-21-9-7-19(23)13-18(21)14-24-25-17(4)26/h6-9,12-15H,5,10-11H2,1-4H3,(H,25,26)/b24-14+. The highest BCUT2D eigenvalue weighted by Crippen LogP contribution is 2.27. The first kappa shape index (κ1) is 21.8. The lowest BCUT2D eigenvalue weighted by molar-refractivity contribution is -0.118. The van der Waals surface area contributed by atoms with Crippen LogP contribution in [0.3, 0.4) is 0 Å². The van der Waals surface area contributed by atoms with Gasteiger partial charge in [-0.25, -0.2) is 5.43 Å². The van der Waals surface area contributed by atoms with E-state index in [4.69, 9.17) is 21.1 Å². The van der Waals surface area contributed by atoms with Gasteiger partial charge < -0.3 is 9.47 Å². The van der Waals surface area contributed by atoms with Crippen molar-refractivity contribution >= 4 is 23.7 Å². The molecule has 0 spiro atoms. The fraction of sp³-hybridized carbons (Fsp3) is 0.364. The van der Waals surface area contributed by atoms with Crippen LogP contribution in [0.5, 0.6) is 11.5 Å². The van der Waals surface area contributed by atoms with Crippen LogP contribution in [-0.4, -0.2) is 25.3 Å². The molecule has 5 nitrogen and oxygen atoms in total. The fourth-order valence-corrected chi connectivity index (χ4v) is 2.79. The summed E-state index contributed by atoms with van der Waals surface area (Å²) in [5.41, 5.74) is 5.45. The normalized spacial score (nSPS) is 11.1. The maximum atomic E-state index is 10.9. The van der Waals surface area contributed by atoms with E-state index in [0.717, 1.165) is 12.2 Å². The zero-order chi connectivity index (χ0) is 20.5. The minimum absolute atomic E-state index is 0.241. The average Bonchev–Trinajstić information content (AvgIpc) is 2.62. The quantitative estimate of drug-likeness (QED) is 0.361. The molecule has 0 saturated carbocycles. The summed E-state index contributed by atoms with van der Waals surface area (Å²) in [6.45, 7) is 8.82. The maximum absolute atomic E-state index is 10.9. The van der Waals surface area contributed by atoms with Crippen molar-refractivity contribution in [1.29, 1.82) is 0 Å². The molecule has 2 aromatic rings. The number of nitrogens with one attached hydrogen (secondary N) is 1. The molecule has 0 bridgehead atoms. The van der Waals surface area contributed by atoms with Gasteiger partial charge in [-0.3, -0.25) is 4.79 Å². The molecule has 0 radical (unpaired) electrons. The van der Waals surface area contributed by atoms with Crippen molar-refractivity contribution in [2.75, 3.05) is 13.2 Å². The van der Waals surface area contributed by atoms with Gasteiger partial charge in [-0.15, -0.1) is 0 Å². The van der Waals surface area contributed by atoms with Crippen molar-refractivity contribution in [2.24, 2.45) is 5.10 Å². The van der Waals surface area contributed by atoms with Gasteiger partial charge >= 0.3 is 0 Å². The molecule has 28 heavy (non-hydrogen) atoms. The Morgan fingerprint density at radius 3 is 2.54 bits per heavy atom. The van der Waals surface area contributed by atoms with Crippen LogP contribution in [0.15, 0.2) is 41.5 Å². The third-order valence-electron chi connectivity index (χ3n) is 3.99. The molecule has 6 heteroatoms. The average molecular weight is 403 g/mol. The van der Waals surface area contributed by atoms with E-state index in [1.165, 1.54) is 24.3 Å². The maximum Gasteiger partial charge on any atom is 0.236 e. The number of rotatable bonds is 9. The van der Waals surface area contributed by atoms with Crippen LogP contribution in [0.2, 0.25) is 5.02 Å². The van der Waals surface area contributed by atoms with Gasteiger partial charge in [0.1, 0.15) is 11.5 Å². The topological polar surface area (TPSA) is 59.9 Å². The highest BCUT2D eigenvalue weighted by Gasteiger charge is 2.08. The van der Waals surface area contributed by atoms with E-state index in [1.54, 1.807) is 18.2 Å². The summed E-state index contributed by atoms with van der Waals surface area (Å²) < 4.78 is 11.8. The van der Waals surface area contributed by atoms with E-state index in [1.807, 2.05) is 0 Å². The van der Waals surface area contributed by atoms with Crippen LogP contribution in [0, 0.1) is 6.92 Å². The highest BCUT2D eigenvalue weighted by atomic mass is 35.5. The monoisotopic (exact) mass is 402 g/mol. The SMILES string of the molecule is CC(=O)N/N=C/c1cc(Cl)ccc1OCCCOc1cc(C)ccc1C(C)C. The van der Waals surface area contributed by atoms with E-state index in [2.05, 4.69) is 49.5 Å². The first-order chi connectivity index (χ1) is 13.4. The molecule has 0 saturated heterocycles. The number of hydrogen-bond donors (Lipinski definition) is 1. The van der Waals surface area contributed by atoms with Crippen LogP contribution in [0.25, 0.3) is 0 Å².